The zero-order chi connectivity index (χ0) is 15.7. The fourth-order valence-corrected chi connectivity index (χ4v) is 2.98. The maximum atomic E-state index is 12.9. The highest BCUT2D eigenvalue weighted by atomic mass is 35.5. The van der Waals surface area contributed by atoms with E-state index in [-0.39, 0.29) is 29.8 Å². The van der Waals surface area contributed by atoms with Crippen molar-refractivity contribution in [3.63, 3.8) is 0 Å². The van der Waals surface area contributed by atoms with Gasteiger partial charge in [0.15, 0.2) is 0 Å². The standard InChI is InChI=1S/C18H26N2O2.ClH/c1-18(2)12-20(10-9-16(18)19)17(21)14-5-3-4-6-15(14)22-11-13-7-8-13;/h3-6,13,16H,7-12,19H2,1-2H3;1H. The van der Waals surface area contributed by atoms with Gasteiger partial charge in [-0.2, -0.15) is 0 Å². The molecule has 0 bridgehead atoms. The van der Waals surface area contributed by atoms with Crippen molar-refractivity contribution < 1.29 is 9.53 Å². The topological polar surface area (TPSA) is 55.6 Å². The third kappa shape index (κ3) is 4.18. The lowest BCUT2D eigenvalue weighted by Gasteiger charge is -2.42. The smallest absolute Gasteiger partial charge is 0.257 e. The largest absolute Gasteiger partial charge is 0.492 e. The summed E-state index contributed by atoms with van der Waals surface area (Å²) in [5, 5.41) is 0. The summed E-state index contributed by atoms with van der Waals surface area (Å²) in [6, 6.07) is 7.74. The second kappa shape index (κ2) is 7.10. The van der Waals surface area contributed by atoms with Crippen LogP contribution in [0.4, 0.5) is 0 Å². The van der Waals surface area contributed by atoms with Gasteiger partial charge in [-0.25, -0.2) is 0 Å². The number of carbonyl (C=O) groups excluding carboxylic acids is 1. The molecular formula is C18H27ClN2O2. The molecule has 0 spiro atoms. The van der Waals surface area contributed by atoms with Crippen LogP contribution in [0.2, 0.25) is 0 Å². The summed E-state index contributed by atoms with van der Waals surface area (Å²) in [5.41, 5.74) is 6.80. The first kappa shape index (κ1) is 18.1. The minimum absolute atomic E-state index is 0. The van der Waals surface area contributed by atoms with Crippen molar-refractivity contribution in [1.29, 1.82) is 0 Å². The number of hydrogen-bond donors (Lipinski definition) is 1. The zero-order valence-electron chi connectivity index (χ0n) is 14.0. The summed E-state index contributed by atoms with van der Waals surface area (Å²) in [4.78, 5) is 14.8. The van der Waals surface area contributed by atoms with Crippen LogP contribution in [0.3, 0.4) is 0 Å². The fourth-order valence-electron chi connectivity index (χ4n) is 2.98. The van der Waals surface area contributed by atoms with Gasteiger partial charge in [0.25, 0.3) is 5.91 Å². The molecule has 1 saturated carbocycles. The quantitative estimate of drug-likeness (QED) is 0.917. The van der Waals surface area contributed by atoms with Crippen molar-refractivity contribution in [3.8, 4) is 5.75 Å². The van der Waals surface area contributed by atoms with Gasteiger partial charge in [-0.1, -0.05) is 26.0 Å². The van der Waals surface area contributed by atoms with Gasteiger partial charge < -0.3 is 15.4 Å². The highest BCUT2D eigenvalue weighted by molar-refractivity contribution is 5.97. The molecule has 1 aliphatic heterocycles. The summed E-state index contributed by atoms with van der Waals surface area (Å²) in [7, 11) is 0. The summed E-state index contributed by atoms with van der Waals surface area (Å²) < 4.78 is 5.87. The molecule has 1 heterocycles. The van der Waals surface area contributed by atoms with Gasteiger partial charge in [0, 0.05) is 19.1 Å². The molecule has 2 aliphatic rings. The molecule has 128 valence electrons. The van der Waals surface area contributed by atoms with Crippen LogP contribution in [0.5, 0.6) is 5.75 Å². The van der Waals surface area contributed by atoms with E-state index in [4.69, 9.17) is 10.5 Å². The molecule has 5 heteroatoms. The van der Waals surface area contributed by atoms with Crippen molar-refractivity contribution in [3.05, 3.63) is 29.8 Å². The molecule has 0 radical (unpaired) electrons. The summed E-state index contributed by atoms with van der Waals surface area (Å²) >= 11 is 0. The first-order chi connectivity index (χ1) is 10.5. The lowest BCUT2D eigenvalue weighted by molar-refractivity contribution is 0.0529. The number of halogens is 1. The molecule has 1 aliphatic carbocycles. The number of ether oxygens (including phenoxy) is 1. The van der Waals surface area contributed by atoms with Crippen LogP contribution in [-0.2, 0) is 0 Å². The Morgan fingerprint density at radius 2 is 2.00 bits per heavy atom. The highest BCUT2D eigenvalue weighted by Gasteiger charge is 2.36. The van der Waals surface area contributed by atoms with E-state index >= 15 is 0 Å². The first-order valence-electron chi connectivity index (χ1n) is 8.24. The Bertz CT molecular complexity index is 558. The number of nitrogens with zero attached hydrogens (tertiary/aromatic N) is 1. The van der Waals surface area contributed by atoms with Gasteiger partial charge in [-0.05, 0) is 42.7 Å². The van der Waals surface area contributed by atoms with Crippen LogP contribution in [0, 0.1) is 11.3 Å². The number of rotatable bonds is 4. The summed E-state index contributed by atoms with van der Waals surface area (Å²) in [6.45, 7) is 6.41. The SMILES string of the molecule is CC1(C)CN(C(=O)c2ccccc2OCC2CC2)CCC1N.Cl. The third-order valence-corrected chi connectivity index (χ3v) is 4.89. The molecule has 4 nitrogen and oxygen atoms in total. The van der Waals surface area contributed by atoms with Crippen LogP contribution < -0.4 is 10.5 Å². The number of piperidine rings is 1. The molecule has 1 aromatic rings. The van der Waals surface area contributed by atoms with Crippen LogP contribution in [0.15, 0.2) is 24.3 Å². The molecule has 1 amide bonds. The molecule has 1 atom stereocenters. The Morgan fingerprint density at radius 1 is 1.30 bits per heavy atom. The first-order valence-corrected chi connectivity index (χ1v) is 8.24. The van der Waals surface area contributed by atoms with Crippen LogP contribution in [0.1, 0.15) is 43.5 Å². The molecule has 1 saturated heterocycles. The lowest BCUT2D eigenvalue weighted by atomic mass is 9.79. The summed E-state index contributed by atoms with van der Waals surface area (Å²) in [5.74, 6) is 1.45. The lowest BCUT2D eigenvalue weighted by Crippen LogP contribution is -2.54. The third-order valence-electron chi connectivity index (χ3n) is 4.89. The van der Waals surface area contributed by atoms with E-state index < -0.39 is 0 Å². The Balaban J connectivity index is 0.00000192. The average molecular weight is 339 g/mol. The van der Waals surface area contributed by atoms with Gasteiger partial charge in [-0.15, -0.1) is 12.4 Å². The number of amides is 1. The molecule has 23 heavy (non-hydrogen) atoms. The van der Waals surface area contributed by atoms with E-state index in [1.165, 1.54) is 12.8 Å². The highest BCUT2D eigenvalue weighted by Crippen LogP contribution is 2.32. The van der Waals surface area contributed by atoms with E-state index in [0.717, 1.165) is 19.6 Å². The van der Waals surface area contributed by atoms with E-state index in [1.54, 1.807) is 0 Å². The van der Waals surface area contributed by atoms with Crippen molar-refractivity contribution in [2.24, 2.45) is 17.1 Å². The van der Waals surface area contributed by atoms with Crippen molar-refractivity contribution >= 4 is 18.3 Å². The van der Waals surface area contributed by atoms with Gasteiger partial charge >= 0.3 is 0 Å². The molecule has 1 aromatic carbocycles. The monoisotopic (exact) mass is 338 g/mol. The van der Waals surface area contributed by atoms with Gasteiger partial charge in [0.2, 0.25) is 0 Å². The van der Waals surface area contributed by atoms with Crippen molar-refractivity contribution in [2.45, 2.75) is 39.2 Å². The Hall–Kier alpha value is -1.26. The fraction of sp³-hybridized carbons (Fsp3) is 0.611. The molecule has 3 rings (SSSR count). The van der Waals surface area contributed by atoms with E-state index in [9.17, 15) is 4.79 Å². The molecule has 0 aromatic heterocycles. The normalized spacial score (nSPS) is 23.1. The maximum absolute atomic E-state index is 12.9. The zero-order valence-corrected chi connectivity index (χ0v) is 14.8. The predicted octanol–water partition coefficient (Wildman–Crippen LogP) is 3.10. The maximum Gasteiger partial charge on any atom is 0.257 e. The van der Waals surface area contributed by atoms with E-state index in [2.05, 4.69) is 13.8 Å². The van der Waals surface area contributed by atoms with Gasteiger partial charge in [0.1, 0.15) is 5.75 Å². The van der Waals surface area contributed by atoms with Crippen molar-refractivity contribution in [1.82, 2.24) is 4.90 Å². The minimum atomic E-state index is -0.0439. The number of nitrogens with two attached hydrogens (primary N) is 1. The van der Waals surface area contributed by atoms with Gasteiger partial charge in [-0.3, -0.25) is 4.79 Å². The Kier molecular flexibility index (Phi) is 5.58. The van der Waals surface area contributed by atoms with Crippen LogP contribution in [0.25, 0.3) is 0 Å². The van der Waals surface area contributed by atoms with E-state index in [1.807, 2.05) is 29.2 Å². The van der Waals surface area contributed by atoms with Gasteiger partial charge in [0.05, 0.1) is 12.2 Å². The summed E-state index contributed by atoms with van der Waals surface area (Å²) in [6.07, 6.45) is 3.34. The van der Waals surface area contributed by atoms with Crippen LogP contribution >= 0.6 is 12.4 Å². The van der Waals surface area contributed by atoms with Crippen molar-refractivity contribution in [2.75, 3.05) is 19.7 Å². The second-order valence-corrected chi connectivity index (χ2v) is 7.36. The molecular weight excluding hydrogens is 312 g/mol. The Morgan fingerprint density at radius 3 is 2.65 bits per heavy atom. The average Bonchev–Trinajstić information content (AvgIpc) is 3.32. The number of hydrogen-bond acceptors (Lipinski definition) is 3. The second-order valence-electron chi connectivity index (χ2n) is 7.36. The number of benzene rings is 1. The van der Waals surface area contributed by atoms with E-state index in [0.29, 0.717) is 23.8 Å². The number of para-hydroxylation sites is 1. The number of carbonyl (C=O) groups is 1. The molecule has 2 fully saturated rings. The predicted molar refractivity (Wildman–Crippen MR) is 94.2 cm³/mol. The van der Waals surface area contributed by atoms with Crippen LogP contribution in [-0.4, -0.2) is 36.5 Å². The minimum Gasteiger partial charge on any atom is -0.492 e. The number of likely N-dealkylation sites (tertiary alicyclic amines) is 1. The Labute approximate surface area is 144 Å². The molecule has 1 unspecified atom stereocenters. The molecule has 2 N–H and O–H groups in total.